The van der Waals surface area contributed by atoms with Gasteiger partial charge in [0.1, 0.15) is 0 Å². The first-order valence-electron chi connectivity index (χ1n) is 4.57. The van der Waals surface area contributed by atoms with Crippen LogP contribution in [0.15, 0.2) is 30.3 Å². The monoisotopic (exact) mass is 192 g/mol. The molecule has 0 amide bonds. The molecule has 1 N–H and O–H groups in total. The third-order valence-corrected chi connectivity index (χ3v) is 2.31. The molecule has 0 saturated carbocycles. The second-order valence-corrected chi connectivity index (χ2v) is 3.31. The molecule has 1 aliphatic heterocycles. The van der Waals surface area contributed by atoms with Gasteiger partial charge in [-0.25, -0.2) is 0 Å². The third-order valence-electron chi connectivity index (χ3n) is 2.31. The lowest BCUT2D eigenvalue weighted by Gasteiger charge is -2.21. The van der Waals surface area contributed by atoms with Crippen molar-refractivity contribution < 1.29 is 9.95 Å². The molecule has 0 aromatic heterocycles. The van der Waals surface area contributed by atoms with Crippen molar-refractivity contribution in [3.05, 3.63) is 41.1 Å². The molecule has 0 fully saturated rings. The van der Waals surface area contributed by atoms with E-state index < -0.39 is 0 Å². The van der Waals surface area contributed by atoms with Gasteiger partial charge in [0.05, 0.1) is 0 Å². The van der Waals surface area contributed by atoms with Crippen LogP contribution in [-0.2, 0) is 0 Å². The molecule has 14 heavy (non-hydrogen) atoms. The van der Waals surface area contributed by atoms with Gasteiger partial charge in [-0.1, -0.05) is 18.2 Å². The van der Waals surface area contributed by atoms with Crippen molar-refractivity contribution in [2.45, 2.75) is 6.42 Å². The van der Waals surface area contributed by atoms with E-state index in [0.717, 1.165) is 21.1 Å². The Morgan fingerprint density at radius 1 is 1.29 bits per heavy atom. The summed E-state index contributed by atoms with van der Waals surface area (Å²) in [5.74, 6) is 0. The number of hydroxylamine groups is 3. The maximum Gasteiger partial charge on any atom is 0.230 e. The highest BCUT2D eigenvalue weighted by atomic mass is 16.5. The van der Waals surface area contributed by atoms with Crippen LogP contribution >= 0.6 is 0 Å². The Hall–Kier alpha value is -1.39. The molecule has 0 radical (unpaired) electrons. The standard InChI is InChI=1S/C10H12N2O2/c13-11-7-6-10(12(14)8-11)9-4-2-1-3-5-9/h1-5,13H,6-8H2. The van der Waals surface area contributed by atoms with Gasteiger partial charge < -0.3 is 10.4 Å². The molecular weight excluding hydrogens is 180 g/mol. The van der Waals surface area contributed by atoms with Crippen molar-refractivity contribution in [3.63, 3.8) is 0 Å². The molecule has 2 rings (SSSR count). The van der Waals surface area contributed by atoms with E-state index >= 15 is 0 Å². The molecule has 0 saturated heterocycles. The quantitative estimate of drug-likeness (QED) is 0.534. The zero-order valence-corrected chi connectivity index (χ0v) is 7.76. The summed E-state index contributed by atoms with van der Waals surface area (Å²) in [6.45, 7) is 0.549. The number of hydrogen-bond acceptors (Lipinski definition) is 3. The van der Waals surface area contributed by atoms with Gasteiger partial charge in [0, 0.05) is 18.5 Å². The van der Waals surface area contributed by atoms with E-state index in [-0.39, 0.29) is 6.67 Å². The average molecular weight is 192 g/mol. The maximum absolute atomic E-state index is 11.5. The first-order chi connectivity index (χ1) is 6.77. The molecule has 1 aromatic carbocycles. The van der Waals surface area contributed by atoms with Crippen molar-refractivity contribution >= 4 is 5.71 Å². The van der Waals surface area contributed by atoms with Gasteiger partial charge in [-0.3, -0.25) is 0 Å². The fourth-order valence-corrected chi connectivity index (χ4v) is 1.58. The Balaban J connectivity index is 2.31. The largest absolute Gasteiger partial charge is 0.623 e. The van der Waals surface area contributed by atoms with Gasteiger partial charge in [-0.15, -0.1) is 5.06 Å². The highest BCUT2D eigenvalue weighted by molar-refractivity contribution is 5.97. The number of hydrogen-bond donors (Lipinski definition) is 1. The normalized spacial score (nSPS) is 18.6. The van der Waals surface area contributed by atoms with E-state index in [1.165, 1.54) is 0 Å². The predicted octanol–water partition coefficient (Wildman–Crippen LogP) is 1.04. The number of rotatable bonds is 1. The molecule has 1 heterocycles. The minimum atomic E-state index is 0.0320. The minimum Gasteiger partial charge on any atom is -0.623 e. The summed E-state index contributed by atoms with van der Waals surface area (Å²) < 4.78 is 0.832. The summed E-state index contributed by atoms with van der Waals surface area (Å²) in [6, 6.07) is 9.55. The first-order valence-corrected chi connectivity index (χ1v) is 4.57. The summed E-state index contributed by atoms with van der Waals surface area (Å²) in [7, 11) is 0. The highest BCUT2D eigenvalue weighted by Gasteiger charge is 2.21. The van der Waals surface area contributed by atoms with Crippen molar-refractivity contribution in [1.82, 2.24) is 5.06 Å². The van der Waals surface area contributed by atoms with Crippen LogP contribution in [0, 0.1) is 5.21 Å². The Morgan fingerprint density at radius 2 is 2.00 bits per heavy atom. The van der Waals surface area contributed by atoms with Gasteiger partial charge in [-0.2, -0.15) is 4.74 Å². The van der Waals surface area contributed by atoms with Crippen LogP contribution in [0.3, 0.4) is 0 Å². The summed E-state index contributed by atoms with van der Waals surface area (Å²) in [4.78, 5) is 0. The lowest BCUT2D eigenvalue weighted by Crippen LogP contribution is -2.38. The van der Waals surface area contributed by atoms with Crippen LogP contribution in [0.5, 0.6) is 0 Å². The fourth-order valence-electron chi connectivity index (χ4n) is 1.58. The van der Waals surface area contributed by atoms with E-state index in [2.05, 4.69) is 0 Å². The molecule has 0 atom stereocenters. The molecule has 1 aliphatic rings. The van der Waals surface area contributed by atoms with Crippen molar-refractivity contribution in [1.29, 1.82) is 0 Å². The van der Waals surface area contributed by atoms with E-state index in [0.29, 0.717) is 13.0 Å². The van der Waals surface area contributed by atoms with E-state index in [9.17, 15) is 5.21 Å². The molecular formula is C10H12N2O2. The van der Waals surface area contributed by atoms with Gasteiger partial charge in [-0.05, 0) is 12.1 Å². The fraction of sp³-hybridized carbons (Fsp3) is 0.300. The predicted molar refractivity (Wildman–Crippen MR) is 52.2 cm³/mol. The molecule has 4 nitrogen and oxygen atoms in total. The number of nitrogens with zero attached hydrogens (tertiary/aromatic N) is 2. The topological polar surface area (TPSA) is 49.5 Å². The van der Waals surface area contributed by atoms with Gasteiger partial charge in [0.25, 0.3) is 0 Å². The summed E-state index contributed by atoms with van der Waals surface area (Å²) >= 11 is 0. The second kappa shape index (κ2) is 3.77. The van der Waals surface area contributed by atoms with Crippen LogP contribution in [-0.4, -0.2) is 33.9 Å². The lowest BCUT2D eigenvalue weighted by atomic mass is 10.1. The Labute approximate surface area is 82.2 Å². The van der Waals surface area contributed by atoms with Crippen LogP contribution in [0.4, 0.5) is 0 Å². The van der Waals surface area contributed by atoms with E-state index in [1.54, 1.807) is 0 Å². The summed E-state index contributed by atoms with van der Waals surface area (Å²) in [6.07, 6.45) is 0.587. The molecule has 0 unspecified atom stereocenters. The molecule has 74 valence electrons. The Bertz CT molecular complexity index is 348. The Morgan fingerprint density at radius 3 is 2.64 bits per heavy atom. The highest BCUT2D eigenvalue weighted by Crippen LogP contribution is 2.08. The molecule has 0 aliphatic carbocycles. The summed E-state index contributed by atoms with van der Waals surface area (Å²) in [5, 5.41) is 21.6. The average Bonchev–Trinajstić information content (AvgIpc) is 2.19. The van der Waals surface area contributed by atoms with Gasteiger partial charge in [0.2, 0.25) is 6.67 Å². The zero-order valence-electron chi connectivity index (χ0n) is 7.76. The maximum atomic E-state index is 11.5. The smallest absolute Gasteiger partial charge is 0.230 e. The zero-order chi connectivity index (χ0) is 9.97. The van der Waals surface area contributed by atoms with Crippen LogP contribution < -0.4 is 0 Å². The third kappa shape index (κ3) is 1.76. The van der Waals surface area contributed by atoms with E-state index in [4.69, 9.17) is 5.21 Å². The van der Waals surface area contributed by atoms with Crippen LogP contribution in [0.1, 0.15) is 12.0 Å². The first kappa shape index (κ1) is 9.18. The number of benzene rings is 1. The minimum absolute atomic E-state index is 0.0320. The van der Waals surface area contributed by atoms with Crippen LogP contribution in [0.2, 0.25) is 0 Å². The van der Waals surface area contributed by atoms with Crippen molar-refractivity contribution in [2.24, 2.45) is 0 Å². The van der Waals surface area contributed by atoms with Crippen molar-refractivity contribution in [2.75, 3.05) is 13.2 Å². The molecule has 0 bridgehead atoms. The Kier molecular flexibility index (Phi) is 2.47. The van der Waals surface area contributed by atoms with Gasteiger partial charge in [0.15, 0.2) is 5.71 Å². The molecule has 0 spiro atoms. The second-order valence-electron chi connectivity index (χ2n) is 3.31. The van der Waals surface area contributed by atoms with Crippen molar-refractivity contribution in [3.8, 4) is 0 Å². The van der Waals surface area contributed by atoms with E-state index in [1.807, 2.05) is 30.3 Å². The SMILES string of the molecule is [O-][N+]1=C(c2ccccc2)CCN(O)C1. The van der Waals surface area contributed by atoms with Gasteiger partial charge >= 0.3 is 0 Å². The molecule has 4 heteroatoms. The lowest BCUT2D eigenvalue weighted by molar-refractivity contribution is -0.514. The van der Waals surface area contributed by atoms with Crippen LogP contribution in [0.25, 0.3) is 0 Å². The molecule has 1 aromatic rings. The summed E-state index contributed by atoms with van der Waals surface area (Å²) in [5.41, 5.74) is 1.69.